The van der Waals surface area contributed by atoms with Crippen LogP contribution in [0.3, 0.4) is 0 Å². The number of aliphatic carboxylic acids is 1. The lowest BCUT2D eigenvalue weighted by atomic mass is 9.74. The van der Waals surface area contributed by atoms with Gasteiger partial charge < -0.3 is 15.3 Å². The smallest absolute Gasteiger partial charge is 0.310 e. The van der Waals surface area contributed by atoms with Crippen molar-refractivity contribution in [2.75, 3.05) is 26.2 Å². The molecule has 5 rings (SSSR count). The highest BCUT2D eigenvalue weighted by atomic mass is 19.1. The van der Waals surface area contributed by atoms with Crippen molar-refractivity contribution in [1.82, 2.24) is 15.2 Å². The quantitative estimate of drug-likeness (QED) is 0.624. The number of likely N-dealkylation sites (tertiary alicyclic amines) is 1. The van der Waals surface area contributed by atoms with Crippen molar-refractivity contribution in [3.8, 4) is 0 Å². The average molecular weight is 438 g/mol. The summed E-state index contributed by atoms with van der Waals surface area (Å²) < 4.78 is 13.4. The van der Waals surface area contributed by atoms with Crippen molar-refractivity contribution >= 4 is 5.97 Å². The Hall–Kier alpha value is -2.31. The molecule has 2 aromatic rings. The number of piperidine rings is 1. The summed E-state index contributed by atoms with van der Waals surface area (Å²) in [7, 11) is 0. The third-order valence-electron chi connectivity index (χ3n) is 7.85. The van der Waals surface area contributed by atoms with Gasteiger partial charge in [-0.25, -0.2) is 4.39 Å². The number of carbonyl (C=O) groups is 1. The molecule has 32 heavy (non-hydrogen) atoms. The Kier molecular flexibility index (Phi) is 5.76. The first-order chi connectivity index (χ1) is 15.5. The van der Waals surface area contributed by atoms with E-state index >= 15 is 0 Å². The topological polar surface area (TPSA) is 65.5 Å². The fourth-order valence-corrected chi connectivity index (χ4v) is 5.35. The Morgan fingerprint density at radius 1 is 1.12 bits per heavy atom. The van der Waals surface area contributed by atoms with Crippen LogP contribution in [0, 0.1) is 16.6 Å². The van der Waals surface area contributed by atoms with E-state index in [0.29, 0.717) is 18.5 Å². The first-order valence-corrected chi connectivity index (χ1v) is 11.8. The van der Waals surface area contributed by atoms with Gasteiger partial charge in [0.05, 0.1) is 11.6 Å². The molecule has 1 aliphatic heterocycles. The van der Waals surface area contributed by atoms with Crippen molar-refractivity contribution in [2.24, 2.45) is 10.8 Å². The molecule has 6 heteroatoms. The Labute approximate surface area is 189 Å². The van der Waals surface area contributed by atoms with Gasteiger partial charge in [0, 0.05) is 30.7 Å². The molecule has 5 nitrogen and oxygen atoms in total. The van der Waals surface area contributed by atoms with Crippen LogP contribution in [0.25, 0.3) is 0 Å². The minimum absolute atomic E-state index is 0.0606. The number of pyridine rings is 1. The predicted octanol–water partition coefficient (Wildman–Crippen LogP) is 3.86. The molecule has 2 atom stereocenters. The average Bonchev–Trinajstić information content (AvgIpc) is 3.72. The number of halogens is 1. The van der Waals surface area contributed by atoms with Crippen LogP contribution in [0.5, 0.6) is 0 Å². The molecule has 0 radical (unpaired) electrons. The van der Waals surface area contributed by atoms with Gasteiger partial charge in [-0.05, 0) is 74.7 Å². The Balaban J connectivity index is 1.23. The second-order valence-corrected chi connectivity index (χ2v) is 10.2. The predicted molar refractivity (Wildman–Crippen MR) is 121 cm³/mol. The van der Waals surface area contributed by atoms with Gasteiger partial charge >= 0.3 is 5.97 Å². The van der Waals surface area contributed by atoms with Crippen LogP contribution >= 0.6 is 0 Å². The minimum atomic E-state index is -0.646. The van der Waals surface area contributed by atoms with E-state index < -0.39 is 11.4 Å². The molecule has 2 unspecified atom stereocenters. The van der Waals surface area contributed by atoms with Gasteiger partial charge in [-0.3, -0.25) is 9.78 Å². The van der Waals surface area contributed by atoms with E-state index in [1.54, 1.807) is 6.07 Å². The van der Waals surface area contributed by atoms with E-state index in [-0.39, 0.29) is 11.2 Å². The summed E-state index contributed by atoms with van der Waals surface area (Å²) in [4.78, 5) is 18.3. The van der Waals surface area contributed by atoms with E-state index in [2.05, 4.69) is 45.5 Å². The molecular weight excluding hydrogens is 405 g/mol. The van der Waals surface area contributed by atoms with Crippen LogP contribution in [-0.4, -0.2) is 53.2 Å². The summed E-state index contributed by atoms with van der Waals surface area (Å²) in [5.74, 6) is -0.363. The molecule has 0 bridgehead atoms. The lowest BCUT2D eigenvalue weighted by Gasteiger charge is -2.43. The van der Waals surface area contributed by atoms with Crippen LogP contribution in [0.15, 0.2) is 48.7 Å². The number of nitrogens with zero attached hydrogens (tertiary/aromatic N) is 2. The van der Waals surface area contributed by atoms with E-state index in [0.717, 1.165) is 57.4 Å². The molecule has 1 saturated heterocycles. The number of hydrogen-bond donors (Lipinski definition) is 2. The lowest BCUT2D eigenvalue weighted by molar-refractivity contribution is -0.144. The fraction of sp³-hybridized carbons (Fsp3) is 0.538. The van der Waals surface area contributed by atoms with E-state index in [1.807, 2.05) is 0 Å². The highest BCUT2D eigenvalue weighted by molar-refractivity contribution is 5.78. The lowest BCUT2D eigenvalue weighted by Crippen LogP contribution is -2.48. The van der Waals surface area contributed by atoms with Crippen LogP contribution in [0.4, 0.5) is 4.39 Å². The number of nitrogens with one attached hydrogen (secondary N) is 1. The zero-order valence-corrected chi connectivity index (χ0v) is 18.5. The molecule has 0 amide bonds. The van der Waals surface area contributed by atoms with Gasteiger partial charge in [0.2, 0.25) is 0 Å². The van der Waals surface area contributed by atoms with Gasteiger partial charge in [-0.1, -0.05) is 30.3 Å². The van der Waals surface area contributed by atoms with Crippen LogP contribution in [0.1, 0.15) is 49.3 Å². The minimum Gasteiger partial charge on any atom is -0.481 e. The van der Waals surface area contributed by atoms with E-state index in [1.165, 1.54) is 24.2 Å². The number of benzene rings is 1. The second-order valence-electron chi connectivity index (χ2n) is 10.2. The molecule has 0 spiro atoms. The van der Waals surface area contributed by atoms with Crippen molar-refractivity contribution in [2.45, 2.75) is 50.5 Å². The molecule has 1 aromatic heterocycles. The van der Waals surface area contributed by atoms with Crippen molar-refractivity contribution in [1.29, 1.82) is 0 Å². The summed E-state index contributed by atoms with van der Waals surface area (Å²) >= 11 is 0. The van der Waals surface area contributed by atoms with Gasteiger partial charge in [0.1, 0.15) is 5.82 Å². The standard InChI is InChI=1S/C26H32FN3O2/c27-20-6-7-21(28-16-20)15-25(17-29-23-14-22(23)19-4-2-1-3-5-19)10-12-30(13-11-25)18-26(8-9-26)24(31)32/h1-7,16,22-23,29H,8-15,17-18H2,(H,31,32). The molecular formula is C26H32FN3O2. The first kappa shape index (κ1) is 21.5. The number of carboxylic acid groups (broad SMARTS) is 1. The highest BCUT2D eigenvalue weighted by Gasteiger charge is 2.52. The monoisotopic (exact) mass is 437 g/mol. The fourth-order valence-electron chi connectivity index (χ4n) is 5.35. The maximum Gasteiger partial charge on any atom is 0.310 e. The molecule has 2 heterocycles. The van der Waals surface area contributed by atoms with Crippen LogP contribution in [-0.2, 0) is 11.2 Å². The Morgan fingerprint density at radius 3 is 2.50 bits per heavy atom. The van der Waals surface area contributed by atoms with Crippen molar-refractivity contribution in [3.63, 3.8) is 0 Å². The van der Waals surface area contributed by atoms with Gasteiger partial charge in [0.15, 0.2) is 0 Å². The highest BCUT2D eigenvalue weighted by Crippen LogP contribution is 2.48. The summed E-state index contributed by atoms with van der Waals surface area (Å²) in [5.41, 5.74) is 1.89. The zero-order chi connectivity index (χ0) is 22.2. The van der Waals surface area contributed by atoms with Crippen molar-refractivity contribution in [3.05, 3.63) is 65.7 Å². The number of rotatable bonds is 9. The zero-order valence-electron chi connectivity index (χ0n) is 18.5. The maximum atomic E-state index is 13.4. The molecule has 2 aliphatic carbocycles. The van der Waals surface area contributed by atoms with Gasteiger partial charge in [0.25, 0.3) is 0 Å². The summed E-state index contributed by atoms with van der Waals surface area (Å²) in [6.07, 6.45) is 6.89. The summed E-state index contributed by atoms with van der Waals surface area (Å²) in [6, 6.07) is 14.5. The Morgan fingerprint density at radius 2 is 1.88 bits per heavy atom. The maximum absolute atomic E-state index is 13.4. The van der Waals surface area contributed by atoms with Crippen molar-refractivity contribution < 1.29 is 14.3 Å². The largest absolute Gasteiger partial charge is 0.481 e. The van der Waals surface area contributed by atoms with E-state index in [4.69, 9.17) is 0 Å². The summed E-state index contributed by atoms with van der Waals surface area (Å²) in [6.45, 7) is 3.40. The molecule has 3 fully saturated rings. The number of aromatic nitrogens is 1. The van der Waals surface area contributed by atoms with Gasteiger partial charge in [-0.2, -0.15) is 0 Å². The van der Waals surface area contributed by atoms with E-state index in [9.17, 15) is 14.3 Å². The molecule has 170 valence electrons. The Bertz CT molecular complexity index is 937. The SMILES string of the molecule is O=C(O)C1(CN2CCC(CNC3CC3c3ccccc3)(Cc3ccc(F)cn3)CC2)CC1. The van der Waals surface area contributed by atoms with Gasteiger partial charge in [-0.15, -0.1) is 0 Å². The third kappa shape index (κ3) is 4.71. The normalized spacial score (nSPS) is 25.9. The number of hydrogen-bond acceptors (Lipinski definition) is 4. The molecule has 2 saturated carbocycles. The third-order valence-corrected chi connectivity index (χ3v) is 7.85. The summed E-state index contributed by atoms with van der Waals surface area (Å²) in [5, 5.41) is 13.4. The molecule has 1 aromatic carbocycles. The first-order valence-electron chi connectivity index (χ1n) is 11.8. The second kappa shape index (κ2) is 8.56. The van der Waals surface area contributed by atoms with Crippen LogP contribution in [0.2, 0.25) is 0 Å². The molecule has 2 N–H and O–H groups in total. The number of carboxylic acids is 1. The molecule has 3 aliphatic rings. The van der Waals surface area contributed by atoms with Crippen LogP contribution < -0.4 is 5.32 Å².